The molecular formula is C51H30N4S2. The van der Waals surface area contributed by atoms with E-state index < -0.39 is 0 Å². The minimum Gasteiger partial charge on any atom is -0.309 e. The van der Waals surface area contributed by atoms with Crippen LogP contribution in [0.15, 0.2) is 182 Å². The van der Waals surface area contributed by atoms with Gasteiger partial charge in [-0.25, -0.2) is 15.0 Å². The van der Waals surface area contributed by atoms with Crippen LogP contribution < -0.4 is 0 Å². The fraction of sp³-hybridized carbons (Fsp3) is 0. The maximum atomic E-state index is 5.02. The van der Waals surface area contributed by atoms with Crippen LogP contribution in [0.3, 0.4) is 0 Å². The zero-order valence-corrected chi connectivity index (χ0v) is 32.1. The first-order valence-corrected chi connectivity index (χ1v) is 20.7. The fourth-order valence-corrected chi connectivity index (χ4v) is 11.0. The normalized spacial score (nSPS) is 11.9. The molecule has 8 aromatic carbocycles. The molecule has 4 nitrogen and oxygen atoms in total. The second kappa shape index (κ2) is 12.8. The van der Waals surface area contributed by atoms with Crippen molar-refractivity contribution in [2.45, 2.75) is 0 Å². The summed E-state index contributed by atoms with van der Waals surface area (Å²) < 4.78 is 7.53. The van der Waals surface area contributed by atoms with E-state index in [1.165, 1.54) is 79.0 Å². The maximum Gasteiger partial charge on any atom is 0.164 e. The molecule has 6 heteroatoms. The molecule has 4 heterocycles. The van der Waals surface area contributed by atoms with Crippen molar-refractivity contribution in [2.75, 3.05) is 0 Å². The number of hydrogen-bond acceptors (Lipinski definition) is 5. The monoisotopic (exact) mass is 762 g/mol. The Morgan fingerprint density at radius 1 is 0.351 bits per heavy atom. The van der Waals surface area contributed by atoms with Crippen LogP contribution in [0.1, 0.15) is 0 Å². The van der Waals surface area contributed by atoms with Gasteiger partial charge in [0.05, 0.1) is 16.7 Å². The number of hydrogen-bond donors (Lipinski definition) is 0. The minimum atomic E-state index is 0.663. The van der Waals surface area contributed by atoms with Crippen molar-refractivity contribution >= 4 is 84.8 Å². The van der Waals surface area contributed by atoms with Gasteiger partial charge in [0.25, 0.3) is 0 Å². The van der Waals surface area contributed by atoms with Gasteiger partial charge in [-0.05, 0) is 30.3 Å². The molecule has 0 atom stereocenters. The number of fused-ring (bicyclic) bond motifs is 9. The van der Waals surface area contributed by atoms with Crippen LogP contribution in [-0.4, -0.2) is 19.5 Å². The molecule has 0 saturated heterocycles. The Morgan fingerprint density at radius 2 is 0.860 bits per heavy atom. The van der Waals surface area contributed by atoms with Gasteiger partial charge in [-0.3, -0.25) is 0 Å². The van der Waals surface area contributed by atoms with E-state index in [0.717, 1.165) is 16.7 Å². The van der Waals surface area contributed by atoms with E-state index in [1.807, 2.05) is 83.3 Å². The quantitative estimate of drug-likeness (QED) is 0.175. The zero-order chi connectivity index (χ0) is 37.5. The van der Waals surface area contributed by atoms with Crippen LogP contribution in [0, 0.1) is 0 Å². The van der Waals surface area contributed by atoms with Gasteiger partial charge in [0, 0.05) is 78.9 Å². The molecule has 4 aromatic heterocycles. The summed E-state index contributed by atoms with van der Waals surface area (Å²) in [5, 5.41) is 7.61. The first-order valence-electron chi connectivity index (χ1n) is 19.0. The SMILES string of the molecule is c1ccc(-c2nc(-c3ccccc3)nc(-c3ccc4c(c3)sc3c(-c5cccc6c5sc5cccc(-n7c8ccccc8c8ccccc87)c56)cccc34)n2)cc1. The molecule has 57 heavy (non-hydrogen) atoms. The molecule has 0 bridgehead atoms. The standard InChI is InChI=1S/C51H30N4S2/c1-3-14-31(15-4-1)49-52-50(32-16-5-2-6-17-32)54-51(53-49)33-28-29-36-37-20-11-21-38(47(37)57-45(36)30-33)39-22-12-23-40-46-43(26-13-27-44(46)56-48(39)40)55-41-24-9-7-18-34(41)35-19-8-10-25-42(35)55/h1-30H. The summed E-state index contributed by atoms with van der Waals surface area (Å²) in [7, 11) is 0. The second-order valence-electron chi connectivity index (χ2n) is 14.3. The highest BCUT2D eigenvalue weighted by Gasteiger charge is 2.20. The highest BCUT2D eigenvalue weighted by atomic mass is 32.1. The smallest absolute Gasteiger partial charge is 0.164 e. The molecule has 0 spiro atoms. The Hall–Kier alpha value is -6.99. The van der Waals surface area contributed by atoms with E-state index in [2.05, 4.69) is 126 Å². The van der Waals surface area contributed by atoms with Crippen molar-refractivity contribution in [3.8, 4) is 51.0 Å². The Balaban J connectivity index is 1.03. The molecule has 0 aliphatic carbocycles. The third-order valence-electron chi connectivity index (χ3n) is 11.1. The predicted molar refractivity (Wildman–Crippen MR) is 242 cm³/mol. The van der Waals surface area contributed by atoms with E-state index >= 15 is 0 Å². The number of thiophene rings is 2. The lowest BCUT2D eigenvalue weighted by Gasteiger charge is -2.10. The van der Waals surface area contributed by atoms with E-state index in [9.17, 15) is 0 Å². The van der Waals surface area contributed by atoms with Gasteiger partial charge in [-0.2, -0.15) is 0 Å². The van der Waals surface area contributed by atoms with E-state index in [-0.39, 0.29) is 0 Å². The van der Waals surface area contributed by atoms with Crippen molar-refractivity contribution in [3.05, 3.63) is 182 Å². The largest absolute Gasteiger partial charge is 0.309 e. The second-order valence-corrected chi connectivity index (χ2v) is 16.4. The summed E-state index contributed by atoms with van der Waals surface area (Å²) in [5.41, 5.74) is 9.07. The van der Waals surface area contributed by atoms with Crippen molar-refractivity contribution in [1.29, 1.82) is 0 Å². The molecule has 0 radical (unpaired) electrons. The fourth-order valence-electron chi connectivity index (χ4n) is 8.50. The molecule has 0 aliphatic rings. The topological polar surface area (TPSA) is 43.6 Å². The average Bonchev–Trinajstić information content (AvgIpc) is 3.96. The van der Waals surface area contributed by atoms with Crippen molar-refractivity contribution in [1.82, 2.24) is 19.5 Å². The lowest BCUT2D eigenvalue weighted by molar-refractivity contribution is 1.07. The molecule has 12 aromatic rings. The molecule has 0 N–H and O–H groups in total. The Morgan fingerprint density at radius 3 is 1.51 bits per heavy atom. The number of para-hydroxylation sites is 2. The first-order chi connectivity index (χ1) is 28.3. The highest BCUT2D eigenvalue weighted by molar-refractivity contribution is 7.27. The third kappa shape index (κ3) is 5.08. The van der Waals surface area contributed by atoms with Gasteiger partial charge in [-0.15, -0.1) is 22.7 Å². The summed E-state index contributed by atoms with van der Waals surface area (Å²) in [6, 6.07) is 64.8. The summed E-state index contributed by atoms with van der Waals surface area (Å²) in [4.78, 5) is 15.0. The summed E-state index contributed by atoms with van der Waals surface area (Å²) in [5.74, 6) is 1.99. The Labute approximate surface area is 335 Å². The van der Waals surface area contributed by atoms with Gasteiger partial charge >= 0.3 is 0 Å². The van der Waals surface area contributed by atoms with Crippen LogP contribution in [0.4, 0.5) is 0 Å². The lowest BCUT2D eigenvalue weighted by Crippen LogP contribution is -1.99. The van der Waals surface area contributed by atoms with Crippen molar-refractivity contribution in [3.63, 3.8) is 0 Å². The highest BCUT2D eigenvalue weighted by Crippen LogP contribution is 2.47. The minimum absolute atomic E-state index is 0.663. The predicted octanol–water partition coefficient (Wildman–Crippen LogP) is 14.4. The van der Waals surface area contributed by atoms with Gasteiger partial charge in [0.2, 0.25) is 0 Å². The van der Waals surface area contributed by atoms with Crippen LogP contribution in [0.5, 0.6) is 0 Å². The molecule has 0 amide bonds. The van der Waals surface area contributed by atoms with E-state index in [1.54, 1.807) is 0 Å². The maximum absolute atomic E-state index is 5.02. The Bertz CT molecular complexity index is 3410. The van der Waals surface area contributed by atoms with Gasteiger partial charge in [0.15, 0.2) is 17.5 Å². The molecule has 0 saturated carbocycles. The lowest BCUT2D eigenvalue weighted by atomic mass is 10.00. The Kier molecular flexibility index (Phi) is 7.24. The van der Waals surface area contributed by atoms with Gasteiger partial charge in [0.1, 0.15) is 0 Å². The molecular weight excluding hydrogens is 733 g/mol. The van der Waals surface area contributed by atoms with Gasteiger partial charge < -0.3 is 4.57 Å². The number of aromatic nitrogens is 4. The average molecular weight is 763 g/mol. The van der Waals surface area contributed by atoms with Crippen LogP contribution in [0.2, 0.25) is 0 Å². The molecule has 266 valence electrons. The number of benzene rings is 8. The van der Waals surface area contributed by atoms with Crippen molar-refractivity contribution in [2.24, 2.45) is 0 Å². The molecule has 12 rings (SSSR count). The summed E-state index contributed by atoms with van der Waals surface area (Å²) in [6.45, 7) is 0. The molecule has 0 unspecified atom stereocenters. The third-order valence-corrected chi connectivity index (χ3v) is 13.5. The zero-order valence-electron chi connectivity index (χ0n) is 30.4. The van der Waals surface area contributed by atoms with Crippen molar-refractivity contribution < 1.29 is 0 Å². The van der Waals surface area contributed by atoms with E-state index in [0.29, 0.717) is 17.5 Å². The summed E-state index contributed by atoms with van der Waals surface area (Å²) in [6.07, 6.45) is 0. The van der Waals surface area contributed by atoms with Crippen LogP contribution in [0.25, 0.3) is 113 Å². The van der Waals surface area contributed by atoms with Gasteiger partial charge in [-0.1, -0.05) is 152 Å². The van der Waals surface area contributed by atoms with Crippen LogP contribution in [-0.2, 0) is 0 Å². The first kappa shape index (κ1) is 32.3. The molecule has 0 aliphatic heterocycles. The van der Waals surface area contributed by atoms with Crippen LogP contribution >= 0.6 is 22.7 Å². The van der Waals surface area contributed by atoms with E-state index in [4.69, 9.17) is 15.0 Å². The number of rotatable bonds is 5. The summed E-state index contributed by atoms with van der Waals surface area (Å²) >= 11 is 3.73. The molecule has 0 fully saturated rings. The number of nitrogens with zero attached hydrogens (tertiary/aromatic N) is 4.